The summed E-state index contributed by atoms with van der Waals surface area (Å²) in [5.41, 5.74) is 15.3. The third kappa shape index (κ3) is 6.64. The normalized spacial score (nSPS) is 11.4. The van der Waals surface area contributed by atoms with Gasteiger partial charge >= 0.3 is 0 Å². The van der Waals surface area contributed by atoms with Gasteiger partial charge in [-0.25, -0.2) is 0 Å². The summed E-state index contributed by atoms with van der Waals surface area (Å²) >= 11 is 1.85. The number of hydrogen-bond acceptors (Lipinski definition) is 2. The number of anilines is 3. The topological polar surface area (TPSA) is 3.24 Å². The van der Waals surface area contributed by atoms with Gasteiger partial charge in [-0.15, -0.1) is 11.3 Å². The van der Waals surface area contributed by atoms with E-state index in [1.165, 1.54) is 91.8 Å². The largest absolute Gasteiger partial charge is 0.310 e. The van der Waals surface area contributed by atoms with Gasteiger partial charge in [-0.2, -0.15) is 0 Å². The van der Waals surface area contributed by atoms with E-state index in [0.29, 0.717) is 0 Å². The van der Waals surface area contributed by atoms with Crippen molar-refractivity contribution >= 4 is 70.1 Å². The first kappa shape index (κ1) is 37.7. The van der Waals surface area contributed by atoms with Gasteiger partial charge in [0.1, 0.15) is 0 Å². The highest BCUT2D eigenvalue weighted by Gasteiger charge is 2.21. The number of nitrogens with zero attached hydrogens (tertiary/aromatic N) is 1. The lowest BCUT2D eigenvalue weighted by Crippen LogP contribution is -2.10. The number of fused-ring (bicyclic) bond motifs is 6. The van der Waals surface area contributed by atoms with Crippen LogP contribution in [0.3, 0.4) is 0 Å². The van der Waals surface area contributed by atoms with Crippen molar-refractivity contribution in [2.45, 2.75) is 0 Å². The van der Waals surface area contributed by atoms with Gasteiger partial charge in [-0.1, -0.05) is 194 Å². The van der Waals surface area contributed by atoms with Gasteiger partial charge in [0, 0.05) is 37.2 Å². The molecule has 0 aliphatic carbocycles. The summed E-state index contributed by atoms with van der Waals surface area (Å²) in [6.45, 7) is 0. The first-order valence-corrected chi connectivity index (χ1v) is 22.7. The van der Waals surface area contributed by atoms with Crippen molar-refractivity contribution < 1.29 is 0 Å². The van der Waals surface area contributed by atoms with Gasteiger partial charge < -0.3 is 4.90 Å². The molecule has 0 saturated carbocycles. The maximum atomic E-state index is 2.44. The summed E-state index contributed by atoms with van der Waals surface area (Å²) in [5.74, 6) is 0. The Hall–Kier alpha value is -8.04. The van der Waals surface area contributed by atoms with Crippen molar-refractivity contribution in [3.05, 3.63) is 249 Å². The molecule has 1 nitrogen and oxygen atoms in total. The van der Waals surface area contributed by atoms with E-state index in [1.54, 1.807) is 0 Å². The van der Waals surface area contributed by atoms with Crippen LogP contribution in [0.5, 0.6) is 0 Å². The maximum absolute atomic E-state index is 2.44. The minimum absolute atomic E-state index is 1.09. The monoisotopic (exact) mass is 831 g/mol. The highest BCUT2D eigenvalue weighted by atomic mass is 32.1. The summed E-state index contributed by atoms with van der Waals surface area (Å²) in [4.78, 5) is 2.44. The molecule has 12 rings (SSSR count). The predicted molar refractivity (Wildman–Crippen MR) is 276 cm³/mol. The fraction of sp³-hybridized carbons (Fsp3) is 0. The molecule has 64 heavy (non-hydrogen) atoms. The van der Waals surface area contributed by atoms with E-state index in [0.717, 1.165) is 22.6 Å². The summed E-state index contributed by atoms with van der Waals surface area (Å²) in [5, 5.41) is 7.56. The lowest BCUT2D eigenvalue weighted by molar-refractivity contribution is 1.29. The zero-order chi connectivity index (χ0) is 42.4. The Kier molecular flexibility index (Phi) is 9.43. The van der Waals surface area contributed by atoms with Gasteiger partial charge in [0.2, 0.25) is 0 Å². The first-order chi connectivity index (χ1) is 31.7. The van der Waals surface area contributed by atoms with Crippen LogP contribution in [0.1, 0.15) is 0 Å². The standard InChI is InChI=1S/C62H41NS/c1-5-18-42(19-6-1)51-36-33-49(40-56(51)43-20-7-2-8-21-43)63(50-34-37-60-57(41-50)54-29-15-16-31-59(54)64-60)48-27-17-26-46(38-48)47-32-35-53-52-28-13-14-30-55(52)61(44-22-9-3-10-23-44)62(58(53)39-47)45-24-11-4-12-25-45/h1-41H. The number of benzene rings is 11. The quantitative estimate of drug-likeness (QED) is 0.138. The summed E-state index contributed by atoms with van der Waals surface area (Å²) in [7, 11) is 0. The molecule has 0 fully saturated rings. The lowest BCUT2D eigenvalue weighted by Gasteiger charge is -2.27. The number of hydrogen-bond donors (Lipinski definition) is 0. The van der Waals surface area contributed by atoms with E-state index >= 15 is 0 Å². The van der Waals surface area contributed by atoms with Crippen LogP contribution in [-0.2, 0) is 0 Å². The highest BCUT2D eigenvalue weighted by Crippen LogP contribution is 2.47. The maximum Gasteiger partial charge on any atom is 0.0468 e. The molecule has 0 unspecified atom stereocenters. The van der Waals surface area contributed by atoms with Crippen LogP contribution in [-0.4, -0.2) is 0 Å². The Bertz CT molecular complexity index is 3650. The van der Waals surface area contributed by atoms with Gasteiger partial charge in [0.15, 0.2) is 0 Å². The van der Waals surface area contributed by atoms with Gasteiger partial charge in [-0.3, -0.25) is 0 Å². The minimum atomic E-state index is 1.09. The van der Waals surface area contributed by atoms with E-state index in [9.17, 15) is 0 Å². The molecular weight excluding hydrogens is 791 g/mol. The molecule has 1 heterocycles. The zero-order valence-corrected chi connectivity index (χ0v) is 35.8. The van der Waals surface area contributed by atoms with Crippen molar-refractivity contribution in [2.24, 2.45) is 0 Å². The Balaban J connectivity index is 1.08. The van der Waals surface area contributed by atoms with Crippen molar-refractivity contribution in [2.75, 3.05) is 4.90 Å². The first-order valence-electron chi connectivity index (χ1n) is 21.9. The molecule has 0 radical (unpaired) electrons. The molecule has 0 N–H and O–H groups in total. The Morgan fingerprint density at radius 1 is 0.234 bits per heavy atom. The van der Waals surface area contributed by atoms with Crippen LogP contribution < -0.4 is 4.90 Å². The Labute approximate surface area is 377 Å². The number of thiophene rings is 1. The summed E-state index contributed by atoms with van der Waals surface area (Å²) in [6, 6.07) is 91.0. The average Bonchev–Trinajstić information content (AvgIpc) is 3.75. The molecule has 11 aromatic carbocycles. The zero-order valence-electron chi connectivity index (χ0n) is 35.0. The second-order valence-electron chi connectivity index (χ2n) is 16.4. The van der Waals surface area contributed by atoms with Crippen molar-refractivity contribution in [1.29, 1.82) is 0 Å². The molecule has 0 aliphatic heterocycles. The molecule has 1 aromatic heterocycles. The van der Waals surface area contributed by atoms with Crippen molar-refractivity contribution in [3.63, 3.8) is 0 Å². The molecule has 0 atom stereocenters. The van der Waals surface area contributed by atoms with Crippen LogP contribution in [0.25, 0.3) is 97.4 Å². The van der Waals surface area contributed by atoms with Crippen LogP contribution in [0, 0.1) is 0 Å². The fourth-order valence-corrected chi connectivity index (χ4v) is 10.8. The SMILES string of the molecule is c1ccc(-c2ccc(N(c3cccc(-c4ccc5c(c4)c(-c4ccccc4)c(-c4ccccc4)c4ccccc45)c3)c3ccc4sc5ccccc5c4c3)cc2-c2ccccc2)cc1. The lowest BCUT2D eigenvalue weighted by atomic mass is 9.84. The van der Waals surface area contributed by atoms with Crippen molar-refractivity contribution in [1.82, 2.24) is 0 Å². The van der Waals surface area contributed by atoms with Gasteiger partial charge in [0.25, 0.3) is 0 Å². The summed E-state index contributed by atoms with van der Waals surface area (Å²) < 4.78 is 2.59. The summed E-state index contributed by atoms with van der Waals surface area (Å²) in [6.07, 6.45) is 0. The third-order valence-corrected chi connectivity index (χ3v) is 13.8. The molecule has 0 aliphatic rings. The van der Waals surface area contributed by atoms with E-state index in [-0.39, 0.29) is 0 Å². The van der Waals surface area contributed by atoms with E-state index < -0.39 is 0 Å². The fourth-order valence-electron chi connectivity index (χ4n) is 9.70. The highest BCUT2D eigenvalue weighted by molar-refractivity contribution is 7.25. The third-order valence-electron chi connectivity index (χ3n) is 12.6. The Morgan fingerprint density at radius 3 is 1.42 bits per heavy atom. The second kappa shape index (κ2) is 16.0. The molecule has 2 heteroatoms. The molecule has 0 spiro atoms. The molecule has 12 aromatic rings. The molecular formula is C62H41NS. The van der Waals surface area contributed by atoms with Crippen LogP contribution in [0.2, 0.25) is 0 Å². The predicted octanol–water partition coefficient (Wildman–Crippen LogP) is 18.2. The van der Waals surface area contributed by atoms with E-state index in [2.05, 4.69) is 254 Å². The van der Waals surface area contributed by atoms with Crippen LogP contribution in [0.15, 0.2) is 249 Å². The number of rotatable bonds is 8. The van der Waals surface area contributed by atoms with Gasteiger partial charge in [-0.05, 0) is 132 Å². The molecule has 0 amide bonds. The van der Waals surface area contributed by atoms with Crippen LogP contribution >= 0.6 is 11.3 Å². The average molecular weight is 832 g/mol. The minimum Gasteiger partial charge on any atom is -0.310 e. The smallest absolute Gasteiger partial charge is 0.0468 e. The van der Waals surface area contributed by atoms with Crippen molar-refractivity contribution in [3.8, 4) is 55.6 Å². The van der Waals surface area contributed by atoms with E-state index in [1.807, 2.05) is 11.3 Å². The van der Waals surface area contributed by atoms with Crippen LogP contribution in [0.4, 0.5) is 17.1 Å². The molecule has 0 saturated heterocycles. The molecule has 0 bridgehead atoms. The Morgan fingerprint density at radius 2 is 0.719 bits per heavy atom. The van der Waals surface area contributed by atoms with E-state index in [4.69, 9.17) is 0 Å². The second-order valence-corrected chi connectivity index (χ2v) is 17.5. The van der Waals surface area contributed by atoms with Gasteiger partial charge in [0.05, 0.1) is 0 Å². The molecule has 300 valence electrons.